The second-order valence-electron chi connectivity index (χ2n) is 8.65. The molecule has 20 heavy (non-hydrogen) atoms. The summed E-state index contributed by atoms with van der Waals surface area (Å²) in [5.41, 5.74) is 0. The molecule has 0 radical (unpaired) electrons. The highest BCUT2D eigenvalue weighted by Crippen LogP contribution is 2.40. The Balaban J connectivity index is 1.71. The zero-order valence-electron chi connectivity index (χ0n) is 14.5. The van der Waals surface area contributed by atoms with Crippen LogP contribution in [0.15, 0.2) is 0 Å². The van der Waals surface area contributed by atoms with Gasteiger partial charge in [0, 0.05) is 0 Å². The fourth-order valence-corrected chi connectivity index (χ4v) is 4.87. The topological polar surface area (TPSA) is 0 Å². The highest BCUT2D eigenvalue weighted by Gasteiger charge is 2.27. The van der Waals surface area contributed by atoms with Gasteiger partial charge in [-0.2, -0.15) is 0 Å². The minimum atomic E-state index is 0.915. The van der Waals surface area contributed by atoms with E-state index in [0.29, 0.717) is 0 Å². The van der Waals surface area contributed by atoms with Crippen molar-refractivity contribution in [3.63, 3.8) is 0 Å². The fourth-order valence-electron chi connectivity index (χ4n) is 4.87. The Kier molecular flexibility index (Phi) is 6.43. The number of hydrogen-bond acceptors (Lipinski definition) is 0. The maximum atomic E-state index is 2.43. The van der Waals surface area contributed by atoms with Crippen LogP contribution in [0.25, 0.3) is 0 Å². The van der Waals surface area contributed by atoms with Crippen molar-refractivity contribution in [3.8, 4) is 0 Å². The molecule has 0 N–H and O–H groups in total. The van der Waals surface area contributed by atoms with E-state index in [1.54, 1.807) is 12.8 Å². The normalized spacial score (nSPS) is 35.7. The molecule has 0 spiro atoms. The Morgan fingerprint density at radius 3 is 1.40 bits per heavy atom. The zero-order valence-corrected chi connectivity index (χ0v) is 14.5. The van der Waals surface area contributed by atoms with Gasteiger partial charge in [-0.3, -0.25) is 0 Å². The summed E-state index contributed by atoms with van der Waals surface area (Å²) in [6.45, 7) is 9.73. The summed E-state index contributed by atoms with van der Waals surface area (Å²) in [6, 6.07) is 0. The van der Waals surface area contributed by atoms with Crippen molar-refractivity contribution in [2.24, 2.45) is 35.5 Å². The lowest BCUT2D eigenvalue weighted by atomic mass is 9.71. The Bertz CT molecular complexity index is 237. The van der Waals surface area contributed by atoms with Crippen LogP contribution in [0.3, 0.4) is 0 Å². The summed E-state index contributed by atoms with van der Waals surface area (Å²) in [5, 5.41) is 0. The summed E-state index contributed by atoms with van der Waals surface area (Å²) in [5.74, 6) is 6.02. The van der Waals surface area contributed by atoms with Crippen LogP contribution < -0.4 is 0 Å². The molecule has 2 rings (SSSR count). The van der Waals surface area contributed by atoms with Crippen molar-refractivity contribution >= 4 is 0 Å². The molecule has 0 aromatic carbocycles. The molecule has 0 aliphatic heterocycles. The summed E-state index contributed by atoms with van der Waals surface area (Å²) in [4.78, 5) is 0. The van der Waals surface area contributed by atoms with Crippen LogP contribution >= 0.6 is 0 Å². The molecule has 2 fully saturated rings. The Labute approximate surface area is 128 Å². The van der Waals surface area contributed by atoms with Gasteiger partial charge in [0.25, 0.3) is 0 Å². The first-order valence-corrected chi connectivity index (χ1v) is 9.56. The highest BCUT2D eigenvalue weighted by molar-refractivity contribution is 4.79. The number of hydrogen-bond donors (Lipinski definition) is 0. The zero-order chi connectivity index (χ0) is 14.5. The molecule has 2 saturated carbocycles. The van der Waals surface area contributed by atoms with Gasteiger partial charge in [0.1, 0.15) is 0 Å². The van der Waals surface area contributed by atoms with Crippen molar-refractivity contribution < 1.29 is 0 Å². The van der Waals surface area contributed by atoms with Crippen molar-refractivity contribution in [2.45, 2.75) is 91.9 Å². The van der Waals surface area contributed by atoms with Crippen LogP contribution in [0.1, 0.15) is 91.9 Å². The monoisotopic (exact) mass is 278 g/mol. The molecule has 0 nitrogen and oxygen atoms in total. The lowest BCUT2D eigenvalue weighted by Gasteiger charge is -2.35. The van der Waals surface area contributed by atoms with Crippen LogP contribution in [0.4, 0.5) is 0 Å². The van der Waals surface area contributed by atoms with Crippen LogP contribution in [0, 0.1) is 35.5 Å². The van der Waals surface area contributed by atoms with E-state index in [1.165, 1.54) is 51.4 Å². The van der Waals surface area contributed by atoms with Crippen molar-refractivity contribution in [3.05, 3.63) is 0 Å². The second-order valence-corrected chi connectivity index (χ2v) is 8.65. The second kappa shape index (κ2) is 7.85. The average Bonchev–Trinajstić information content (AvgIpc) is 2.45. The molecule has 0 bridgehead atoms. The van der Waals surface area contributed by atoms with Gasteiger partial charge in [0.2, 0.25) is 0 Å². The lowest BCUT2D eigenvalue weighted by molar-refractivity contribution is 0.170. The lowest BCUT2D eigenvalue weighted by Crippen LogP contribution is -2.22. The van der Waals surface area contributed by atoms with E-state index in [0.717, 1.165) is 35.5 Å². The standard InChI is InChI=1S/C20H38/c1-15(2)19-9-5-7-17(13-19)11-12-18-8-6-10-20(14-18)16(3)4/h15-20H,5-14H2,1-4H3. The molecular weight excluding hydrogens is 240 g/mol. The van der Waals surface area contributed by atoms with Crippen LogP contribution in [-0.4, -0.2) is 0 Å². The summed E-state index contributed by atoms with van der Waals surface area (Å²) < 4.78 is 0. The molecule has 118 valence electrons. The molecule has 0 heterocycles. The van der Waals surface area contributed by atoms with Crippen molar-refractivity contribution in [1.29, 1.82) is 0 Å². The Morgan fingerprint density at radius 2 is 1.05 bits per heavy atom. The SMILES string of the molecule is CC(C)C1CCCC(CCC2CCCC(C(C)C)C2)C1. The molecule has 0 aromatic rings. The molecule has 0 heteroatoms. The Morgan fingerprint density at radius 1 is 0.650 bits per heavy atom. The molecule has 2 aliphatic rings. The molecule has 4 unspecified atom stereocenters. The van der Waals surface area contributed by atoms with Gasteiger partial charge in [0.15, 0.2) is 0 Å². The van der Waals surface area contributed by atoms with Crippen LogP contribution in [-0.2, 0) is 0 Å². The predicted molar refractivity (Wildman–Crippen MR) is 89.8 cm³/mol. The summed E-state index contributed by atoms with van der Waals surface area (Å²) >= 11 is 0. The van der Waals surface area contributed by atoms with Gasteiger partial charge in [-0.15, -0.1) is 0 Å². The van der Waals surface area contributed by atoms with E-state index >= 15 is 0 Å². The molecule has 2 aliphatic carbocycles. The maximum absolute atomic E-state index is 2.43. The van der Waals surface area contributed by atoms with Gasteiger partial charge in [-0.25, -0.2) is 0 Å². The minimum absolute atomic E-state index is 0.915. The van der Waals surface area contributed by atoms with Gasteiger partial charge in [0.05, 0.1) is 0 Å². The maximum Gasteiger partial charge on any atom is -0.0388 e. The highest BCUT2D eigenvalue weighted by atomic mass is 14.3. The average molecular weight is 279 g/mol. The van der Waals surface area contributed by atoms with E-state index < -0.39 is 0 Å². The molecular formula is C20H38. The van der Waals surface area contributed by atoms with E-state index in [4.69, 9.17) is 0 Å². The third-order valence-corrected chi connectivity index (χ3v) is 6.52. The summed E-state index contributed by atoms with van der Waals surface area (Å²) in [7, 11) is 0. The predicted octanol–water partition coefficient (Wildman–Crippen LogP) is 6.69. The molecule has 0 aromatic heterocycles. The third kappa shape index (κ3) is 4.78. The largest absolute Gasteiger partial charge is 0.0625 e. The van der Waals surface area contributed by atoms with Gasteiger partial charge in [-0.05, 0) is 48.3 Å². The molecule has 4 atom stereocenters. The molecule has 0 saturated heterocycles. The van der Waals surface area contributed by atoms with E-state index in [2.05, 4.69) is 27.7 Å². The van der Waals surface area contributed by atoms with Crippen molar-refractivity contribution in [2.75, 3.05) is 0 Å². The first-order valence-electron chi connectivity index (χ1n) is 9.56. The van der Waals surface area contributed by atoms with E-state index in [-0.39, 0.29) is 0 Å². The first kappa shape index (κ1) is 16.4. The minimum Gasteiger partial charge on any atom is -0.0625 e. The molecule has 0 amide bonds. The Hall–Kier alpha value is 0. The quantitative estimate of drug-likeness (QED) is 0.525. The number of rotatable bonds is 5. The summed E-state index contributed by atoms with van der Waals surface area (Å²) in [6.07, 6.45) is 15.3. The van der Waals surface area contributed by atoms with Gasteiger partial charge < -0.3 is 0 Å². The van der Waals surface area contributed by atoms with Gasteiger partial charge in [-0.1, -0.05) is 79.1 Å². The third-order valence-electron chi connectivity index (χ3n) is 6.52. The fraction of sp³-hybridized carbons (Fsp3) is 1.00. The first-order chi connectivity index (χ1) is 9.56. The van der Waals surface area contributed by atoms with E-state index in [9.17, 15) is 0 Å². The van der Waals surface area contributed by atoms with Crippen LogP contribution in [0.2, 0.25) is 0 Å². The van der Waals surface area contributed by atoms with Crippen molar-refractivity contribution in [1.82, 2.24) is 0 Å². The van der Waals surface area contributed by atoms with Gasteiger partial charge >= 0.3 is 0 Å². The van der Waals surface area contributed by atoms with E-state index in [1.807, 2.05) is 0 Å². The smallest absolute Gasteiger partial charge is 0.0388 e. The van der Waals surface area contributed by atoms with Crippen LogP contribution in [0.5, 0.6) is 0 Å².